The van der Waals surface area contributed by atoms with E-state index in [-0.39, 0.29) is 35.7 Å². The fraction of sp³-hybridized carbons (Fsp3) is 0.562. The van der Waals surface area contributed by atoms with Crippen LogP contribution in [0.15, 0.2) is 12.3 Å². The number of hydrogen-bond donors (Lipinski definition) is 1. The van der Waals surface area contributed by atoms with Crippen molar-refractivity contribution in [1.82, 2.24) is 10.3 Å². The monoisotopic (exact) mass is 358 g/mol. The molecule has 1 heterocycles. The molecule has 24 heavy (non-hydrogen) atoms. The standard InChI is InChI=1S/C16H23ClN2O5/c1-6-22-14(20)11-7-13(18-8-12(11)17)23-9-10(2)19-15(21)24-16(3,4)5/h7-8,10H,6,9H2,1-5H3,(H,19,21)/t10-/m0/s1. The highest BCUT2D eigenvalue weighted by atomic mass is 35.5. The summed E-state index contributed by atoms with van der Waals surface area (Å²) in [7, 11) is 0. The molecule has 1 aromatic rings. The number of halogens is 1. The van der Waals surface area contributed by atoms with Gasteiger partial charge in [0.2, 0.25) is 5.88 Å². The first-order chi connectivity index (χ1) is 11.1. The average molecular weight is 359 g/mol. The lowest BCUT2D eigenvalue weighted by Gasteiger charge is -2.22. The Kier molecular flexibility index (Phi) is 7.28. The first-order valence-electron chi connectivity index (χ1n) is 7.57. The normalized spacial score (nSPS) is 12.2. The summed E-state index contributed by atoms with van der Waals surface area (Å²) in [6, 6.07) is 1.09. The van der Waals surface area contributed by atoms with Crippen molar-refractivity contribution in [2.45, 2.75) is 46.3 Å². The van der Waals surface area contributed by atoms with Crippen LogP contribution in [0.2, 0.25) is 5.02 Å². The predicted molar refractivity (Wildman–Crippen MR) is 89.5 cm³/mol. The Morgan fingerprint density at radius 2 is 2.04 bits per heavy atom. The minimum absolute atomic E-state index is 0.149. The molecule has 0 aliphatic heterocycles. The topological polar surface area (TPSA) is 86.8 Å². The van der Waals surface area contributed by atoms with E-state index in [0.717, 1.165) is 0 Å². The third kappa shape index (κ3) is 7.04. The molecule has 1 aromatic heterocycles. The van der Waals surface area contributed by atoms with Crippen LogP contribution >= 0.6 is 11.6 Å². The molecule has 0 spiro atoms. The van der Waals surface area contributed by atoms with Crippen LogP contribution in [-0.2, 0) is 9.47 Å². The highest BCUT2D eigenvalue weighted by molar-refractivity contribution is 6.33. The van der Waals surface area contributed by atoms with Gasteiger partial charge in [0.25, 0.3) is 0 Å². The van der Waals surface area contributed by atoms with Crippen LogP contribution in [-0.4, -0.2) is 41.9 Å². The first kappa shape index (κ1) is 20.0. The number of carbonyl (C=O) groups excluding carboxylic acids is 2. The van der Waals surface area contributed by atoms with Gasteiger partial charge in [-0.3, -0.25) is 0 Å². The number of carbonyl (C=O) groups is 2. The summed E-state index contributed by atoms with van der Waals surface area (Å²) >= 11 is 5.93. The number of amides is 1. The van der Waals surface area contributed by atoms with Crippen LogP contribution in [0.25, 0.3) is 0 Å². The molecule has 1 atom stereocenters. The summed E-state index contributed by atoms with van der Waals surface area (Å²) < 4.78 is 15.5. The molecule has 7 nitrogen and oxygen atoms in total. The van der Waals surface area contributed by atoms with Gasteiger partial charge >= 0.3 is 12.1 Å². The number of aromatic nitrogens is 1. The zero-order valence-electron chi connectivity index (χ0n) is 14.5. The third-order valence-electron chi connectivity index (χ3n) is 2.57. The molecule has 1 rings (SSSR count). The minimum atomic E-state index is -0.572. The summed E-state index contributed by atoms with van der Waals surface area (Å²) in [5.41, 5.74) is -0.395. The van der Waals surface area contributed by atoms with E-state index >= 15 is 0 Å². The molecule has 0 saturated carbocycles. The SMILES string of the molecule is CCOC(=O)c1cc(OC[C@H](C)NC(=O)OC(C)(C)C)ncc1Cl. The molecule has 8 heteroatoms. The quantitative estimate of drug-likeness (QED) is 0.786. The van der Waals surface area contributed by atoms with Gasteiger partial charge in [-0.1, -0.05) is 11.6 Å². The van der Waals surface area contributed by atoms with Crippen LogP contribution in [0.1, 0.15) is 45.0 Å². The van der Waals surface area contributed by atoms with Gasteiger partial charge in [0, 0.05) is 6.07 Å². The van der Waals surface area contributed by atoms with Crippen molar-refractivity contribution in [2.24, 2.45) is 0 Å². The number of pyridine rings is 1. The Labute approximate surface area is 146 Å². The van der Waals surface area contributed by atoms with E-state index in [1.165, 1.54) is 12.3 Å². The highest BCUT2D eigenvalue weighted by Gasteiger charge is 2.18. The Bertz CT molecular complexity index is 586. The van der Waals surface area contributed by atoms with E-state index in [2.05, 4.69) is 10.3 Å². The fourth-order valence-electron chi connectivity index (χ4n) is 1.62. The Morgan fingerprint density at radius 1 is 1.38 bits per heavy atom. The van der Waals surface area contributed by atoms with E-state index in [4.69, 9.17) is 25.8 Å². The number of nitrogens with one attached hydrogen (secondary N) is 1. The molecule has 1 N–H and O–H groups in total. The van der Waals surface area contributed by atoms with Crippen LogP contribution < -0.4 is 10.1 Å². The lowest BCUT2D eigenvalue weighted by molar-refractivity contribution is 0.0492. The van der Waals surface area contributed by atoms with Crippen molar-refractivity contribution in [3.05, 3.63) is 22.8 Å². The summed E-state index contributed by atoms with van der Waals surface area (Å²) in [5, 5.41) is 2.83. The predicted octanol–water partition coefficient (Wildman–Crippen LogP) is 3.20. The first-order valence-corrected chi connectivity index (χ1v) is 7.95. The number of hydrogen-bond acceptors (Lipinski definition) is 6. The van der Waals surface area contributed by atoms with Gasteiger partial charge in [0.15, 0.2) is 0 Å². The van der Waals surface area contributed by atoms with Crippen molar-refractivity contribution in [3.63, 3.8) is 0 Å². The maximum absolute atomic E-state index is 11.8. The smallest absolute Gasteiger partial charge is 0.407 e. The fourth-order valence-corrected chi connectivity index (χ4v) is 1.81. The molecule has 134 valence electrons. The Morgan fingerprint density at radius 3 is 2.62 bits per heavy atom. The van der Waals surface area contributed by atoms with E-state index in [9.17, 15) is 9.59 Å². The molecule has 0 radical (unpaired) electrons. The lowest BCUT2D eigenvalue weighted by atomic mass is 10.2. The van der Waals surface area contributed by atoms with Gasteiger partial charge in [-0.2, -0.15) is 0 Å². The van der Waals surface area contributed by atoms with Crippen LogP contribution in [0.5, 0.6) is 5.88 Å². The molecule has 0 bridgehead atoms. The van der Waals surface area contributed by atoms with Crippen molar-refractivity contribution >= 4 is 23.7 Å². The van der Waals surface area contributed by atoms with Gasteiger partial charge in [-0.05, 0) is 34.6 Å². The second kappa shape index (κ2) is 8.73. The number of nitrogens with zero attached hydrogens (tertiary/aromatic N) is 1. The van der Waals surface area contributed by atoms with Crippen molar-refractivity contribution in [2.75, 3.05) is 13.2 Å². The zero-order chi connectivity index (χ0) is 18.3. The minimum Gasteiger partial charge on any atom is -0.475 e. The number of esters is 1. The molecule has 0 aromatic carbocycles. The Balaban J connectivity index is 2.59. The largest absolute Gasteiger partial charge is 0.475 e. The molecule has 0 aliphatic rings. The molecular weight excluding hydrogens is 336 g/mol. The van der Waals surface area contributed by atoms with Crippen LogP contribution in [0.4, 0.5) is 4.79 Å². The number of rotatable bonds is 6. The molecule has 0 aliphatic carbocycles. The van der Waals surface area contributed by atoms with Crippen molar-refractivity contribution in [1.29, 1.82) is 0 Å². The highest BCUT2D eigenvalue weighted by Crippen LogP contribution is 2.20. The van der Waals surface area contributed by atoms with Gasteiger partial charge in [0.1, 0.15) is 12.2 Å². The van der Waals surface area contributed by atoms with E-state index in [1.54, 1.807) is 34.6 Å². The molecule has 0 saturated heterocycles. The van der Waals surface area contributed by atoms with E-state index < -0.39 is 17.7 Å². The summed E-state index contributed by atoms with van der Waals surface area (Å²) in [5.74, 6) is -0.338. The lowest BCUT2D eigenvalue weighted by Crippen LogP contribution is -2.40. The molecule has 0 unspecified atom stereocenters. The summed E-state index contributed by atoms with van der Waals surface area (Å²) in [6.45, 7) is 9.19. The van der Waals surface area contributed by atoms with Crippen LogP contribution in [0.3, 0.4) is 0 Å². The molecule has 1 amide bonds. The van der Waals surface area contributed by atoms with E-state index in [1.807, 2.05) is 0 Å². The Hall–Kier alpha value is -2.02. The third-order valence-corrected chi connectivity index (χ3v) is 2.87. The maximum Gasteiger partial charge on any atom is 0.407 e. The second-order valence-electron chi connectivity index (χ2n) is 6.08. The van der Waals surface area contributed by atoms with Crippen molar-refractivity contribution < 1.29 is 23.8 Å². The second-order valence-corrected chi connectivity index (χ2v) is 6.49. The number of ether oxygens (including phenoxy) is 3. The van der Waals surface area contributed by atoms with E-state index in [0.29, 0.717) is 0 Å². The van der Waals surface area contributed by atoms with Gasteiger partial charge in [-0.15, -0.1) is 0 Å². The molecule has 0 fully saturated rings. The van der Waals surface area contributed by atoms with Gasteiger partial charge < -0.3 is 19.5 Å². The van der Waals surface area contributed by atoms with Crippen molar-refractivity contribution in [3.8, 4) is 5.88 Å². The zero-order valence-corrected chi connectivity index (χ0v) is 15.3. The summed E-state index contributed by atoms with van der Waals surface area (Å²) in [6.07, 6.45) is 0.782. The molecular formula is C16H23ClN2O5. The van der Waals surface area contributed by atoms with Gasteiger partial charge in [0.05, 0.1) is 29.4 Å². The van der Waals surface area contributed by atoms with Crippen LogP contribution in [0, 0.1) is 0 Å². The summed E-state index contributed by atoms with van der Waals surface area (Å²) in [4.78, 5) is 27.4. The average Bonchev–Trinajstić information content (AvgIpc) is 2.44. The maximum atomic E-state index is 11.8. The number of alkyl carbamates (subject to hydrolysis) is 1. The van der Waals surface area contributed by atoms with Gasteiger partial charge in [-0.25, -0.2) is 14.6 Å².